The number of hydrogen-bond donors (Lipinski definition) is 1. The van der Waals surface area contributed by atoms with E-state index < -0.39 is 11.9 Å². The number of hydrogen-bond acceptors (Lipinski definition) is 5. The lowest BCUT2D eigenvalue weighted by atomic mass is 10.1. The second kappa shape index (κ2) is 5.89. The monoisotopic (exact) mass is 237 g/mol. The van der Waals surface area contributed by atoms with E-state index in [1.165, 1.54) is 26.4 Å². The van der Waals surface area contributed by atoms with Crippen LogP contribution in [0.3, 0.4) is 0 Å². The average molecular weight is 237 g/mol. The molecule has 1 aromatic carbocycles. The van der Waals surface area contributed by atoms with Crippen molar-refractivity contribution in [1.82, 2.24) is 0 Å². The molecule has 0 saturated carbocycles. The molecule has 0 aliphatic carbocycles. The van der Waals surface area contributed by atoms with Gasteiger partial charge >= 0.3 is 11.9 Å². The van der Waals surface area contributed by atoms with Gasteiger partial charge in [-0.15, -0.1) is 0 Å². The fourth-order valence-electron chi connectivity index (χ4n) is 1.41. The summed E-state index contributed by atoms with van der Waals surface area (Å²) in [7, 11) is 2.62. The topological polar surface area (TPSA) is 64.6 Å². The molecule has 5 nitrogen and oxygen atoms in total. The summed E-state index contributed by atoms with van der Waals surface area (Å²) in [6, 6.07) is 4.64. The van der Waals surface area contributed by atoms with Crippen LogP contribution in [-0.2, 0) is 9.47 Å². The molecule has 0 saturated heterocycles. The van der Waals surface area contributed by atoms with E-state index in [0.717, 1.165) is 0 Å². The molecular formula is C12H15NO4. The van der Waals surface area contributed by atoms with E-state index >= 15 is 0 Å². The minimum Gasteiger partial charge on any atom is -0.465 e. The number of nitrogens with one attached hydrogen (secondary N) is 1. The van der Waals surface area contributed by atoms with Crippen molar-refractivity contribution in [2.75, 3.05) is 26.1 Å². The normalized spacial score (nSPS) is 9.59. The first-order chi connectivity index (χ1) is 8.13. The third-order valence-electron chi connectivity index (χ3n) is 2.21. The van der Waals surface area contributed by atoms with Crippen LogP contribution in [0.1, 0.15) is 27.6 Å². The molecule has 0 aromatic heterocycles. The highest BCUT2D eigenvalue weighted by Crippen LogP contribution is 2.19. The number of ether oxygens (including phenoxy) is 2. The third-order valence-corrected chi connectivity index (χ3v) is 2.21. The van der Waals surface area contributed by atoms with Gasteiger partial charge < -0.3 is 14.8 Å². The quantitative estimate of drug-likeness (QED) is 0.807. The Balaban J connectivity index is 3.16. The summed E-state index contributed by atoms with van der Waals surface area (Å²) in [4.78, 5) is 22.8. The van der Waals surface area contributed by atoms with Crippen molar-refractivity contribution >= 4 is 17.6 Å². The van der Waals surface area contributed by atoms with Crippen molar-refractivity contribution in [1.29, 1.82) is 0 Å². The van der Waals surface area contributed by atoms with Crippen molar-refractivity contribution in [2.45, 2.75) is 6.92 Å². The molecule has 0 heterocycles. The summed E-state index contributed by atoms with van der Waals surface area (Å²) in [5, 5.41) is 3.00. The van der Waals surface area contributed by atoms with E-state index in [2.05, 4.69) is 14.8 Å². The van der Waals surface area contributed by atoms with Gasteiger partial charge in [0.25, 0.3) is 0 Å². The Morgan fingerprint density at radius 2 is 1.82 bits per heavy atom. The molecular weight excluding hydrogens is 222 g/mol. The summed E-state index contributed by atoms with van der Waals surface area (Å²) in [6.45, 7) is 2.53. The maximum Gasteiger partial charge on any atom is 0.339 e. The molecule has 0 aliphatic rings. The van der Waals surface area contributed by atoms with Crippen molar-refractivity contribution < 1.29 is 19.1 Å². The highest BCUT2D eigenvalue weighted by atomic mass is 16.5. The summed E-state index contributed by atoms with van der Waals surface area (Å²) >= 11 is 0. The Hall–Kier alpha value is -2.04. The number of methoxy groups -OCH3 is 2. The molecule has 5 heteroatoms. The fraction of sp³-hybridized carbons (Fsp3) is 0.333. The second-order valence-corrected chi connectivity index (χ2v) is 3.27. The molecule has 1 N–H and O–H groups in total. The van der Waals surface area contributed by atoms with Crippen molar-refractivity contribution in [3.63, 3.8) is 0 Å². The van der Waals surface area contributed by atoms with E-state index in [9.17, 15) is 9.59 Å². The molecule has 0 atom stereocenters. The minimum atomic E-state index is -0.447. The Labute approximate surface area is 99.7 Å². The number of anilines is 1. The van der Waals surface area contributed by atoms with Crippen molar-refractivity contribution in [2.24, 2.45) is 0 Å². The molecule has 1 aromatic rings. The van der Waals surface area contributed by atoms with Gasteiger partial charge in [0.1, 0.15) is 0 Å². The Morgan fingerprint density at radius 3 is 2.35 bits per heavy atom. The maximum absolute atomic E-state index is 11.5. The molecule has 17 heavy (non-hydrogen) atoms. The Morgan fingerprint density at radius 1 is 1.18 bits per heavy atom. The lowest BCUT2D eigenvalue weighted by Crippen LogP contribution is -2.10. The van der Waals surface area contributed by atoms with Crippen LogP contribution in [0.2, 0.25) is 0 Å². The largest absolute Gasteiger partial charge is 0.465 e. The zero-order valence-electron chi connectivity index (χ0n) is 10.1. The van der Waals surface area contributed by atoms with Gasteiger partial charge in [0, 0.05) is 12.2 Å². The predicted molar refractivity (Wildman–Crippen MR) is 63.3 cm³/mol. The SMILES string of the molecule is CCNc1cc(C(=O)OC)ccc1C(=O)OC. The second-order valence-electron chi connectivity index (χ2n) is 3.27. The van der Waals surface area contributed by atoms with Crippen LogP contribution >= 0.6 is 0 Å². The average Bonchev–Trinajstić information content (AvgIpc) is 2.37. The van der Waals surface area contributed by atoms with Gasteiger partial charge in [-0.2, -0.15) is 0 Å². The van der Waals surface area contributed by atoms with E-state index in [-0.39, 0.29) is 0 Å². The molecule has 0 fully saturated rings. The number of carbonyl (C=O) groups is 2. The highest BCUT2D eigenvalue weighted by Gasteiger charge is 2.14. The Kier molecular flexibility index (Phi) is 4.51. The van der Waals surface area contributed by atoms with Gasteiger partial charge in [0.15, 0.2) is 0 Å². The van der Waals surface area contributed by atoms with Crippen LogP contribution in [0.15, 0.2) is 18.2 Å². The zero-order chi connectivity index (χ0) is 12.8. The molecule has 0 aliphatic heterocycles. The van der Waals surface area contributed by atoms with Crippen molar-refractivity contribution in [3.8, 4) is 0 Å². The van der Waals surface area contributed by atoms with Gasteiger partial charge in [0.05, 0.1) is 25.3 Å². The predicted octanol–water partition coefficient (Wildman–Crippen LogP) is 1.69. The molecule has 0 bridgehead atoms. The molecule has 0 spiro atoms. The van der Waals surface area contributed by atoms with Crippen LogP contribution < -0.4 is 5.32 Å². The van der Waals surface area contributed by atoms with E-state index in [1.807, 2.05) is 6.92 Å². The van der Waals surface area contributed by atoms with E-state index in [0.29, 0.717) is 23.4 Å². The molecule has 0 unspecified atom stereocenters. The first-order valence-electron chi connectivity index (χ1n) is 5.18. The van der Waals surface area contributed by atoms with Crippen LogP contribution in [0.4, 0.5) is 5.69 Å². The smallest absolute Gasteiger partial charge is 0.339 e. The number of benzene rings is 1. The number of carbonyl (C=O) groups excluding carboxylic acids is 2. The van der Waals surface area contributed by atoms with Crippen LogP contribution in [0.5, 0.6) is 0 Å². The van der Waals surface area contributed by atoms with Gasteiger partial charge in [-0.3, -0.25) is 0 Å². The summed E-state index contributed by atoms with van der Waals surface area (Å²) < 4.78 is 9.27. The Bertz CT molecular complexity index is 429. The van der Waals surface area contributed by atoms with Gasteiger partial charge in [-0.1, -0.05) is 0 Å². The van der Waals surface area contributed by atoms with Crippen LogP contribution in [-0.4, -0.2) is 32.7 Å². The lowest BCUT2D eigenvalue weighted by molar-refractivity contribution is 0.0587. The maximum atomic E-state index is 11.5. The number of rotatable bonds is 4. The summed E-state index contributed by atoms with van der Waals surface area (Å²) in [5.41, 5.74) is 1.33. The number of esters is 2. The lowest BCUT2D eigenvalue weighted by Gasteiger charge is -2.10. The van der Waals surface area contributed by atoms with Crippen LogP contribution in [0, 0.1) is 0 Å². The minimum absolute atomic E-state index is 0.385. The first kappa shape index (κ1) is 13.0. The molecule has 0 radical (unpaired) electrons. The third kappa shape index (κ3) is 2.96. The molecule has 92 valence electrons. The van der Waals surface area contributed by atoms with Gasteiger partial charge in [-0.05, 0) is 25.1 Å². The highest BCUT2D eigenvalue weighted by molar-refractivity contribution is 5.98. The van der Waals surface area contributed by atoms with Crippen LogP contribution in [0.25, 0.3) is 0 Å². The molecule has 1 rings (SSSR count). The summed E-state index contributed by atoms with van der Waals surface area (Å²) in [6.07, 6.45) is 0. The molecule has 0 amide bonds. The standard InChI is InChI=1S/C12H15NO4/c1-4-13-10-7-8(11(14)16-2)5-6-9(10)12(15)17-3/h5-7,13H,4H2,1-3H3. The van der Waals surface area contributed by atoms with Gasteiger partial charge in [0.2, 0.25) is 0 Å². The summed E-state index contributed by atoms with van der Waals surface area (Å²) in [5.74, 6) is -0.891. The van der Waals surface area contributed by atoms with E-state index in [1.54, 1.807) is 6.07 Å². The zero-order valence-corrected chi connectivity index (χ0v) is 10.1. The van der Waals surface area contributed by atoms with Gasteiger partial charge in [-0.25, -0.2) is 9.59 Å². The van der Waals surface area contributed by atoms with Crippen molar-refractivity contribution in [3.05, 3.63) is 29.3 Å². The van der Waals surface area contributed by atoms with E-state index in [4.69, 9.17) is 0 Å². The first-order valence-corrected chi connectivity index (χ1v) is 5.18. The fourth-order valence-corrected chi connectivity index (χ4v) is 1.41.